The van der Waals surface area contributed by atoms with Gasteiger partial charge in [0.05, 0.1) is 0 Å². The number of likely N-dealkylation sites (tertiary alicyclic amines) is 1. The van der Waals surface area contributed by atoms with Crippen molar-refractivity contribution in [1.82, 2.24) is 9.80 Å². The van der Waals surface area contributed by atoms with Crippen LogP contribution in [-0.4, -0.2) is 62.3 Å². The van der Waals surface area contributed by atoms with E-state index < -0.39 is 16.1 Å². The minimum absolute atomic E-state index is 0.0381. The van der Waals surface area contributed by atoms with Gasteiger partial charge in [0.15, 0.2) is 17.3 Å². The van der Waals surface area contributed by atoms with E-state index in [-0.39, 0.29) is 10.8 Å². The minimum Gasteiger partial charge on any atom is -0.486 e. The van der Waals surface area contributed by atoms with E-state index in [0.717, 1.165) is 12.0 Å². The Bertz CT molecular complexity index is 1190. The van der Waals surface area contributed by atoms with Crippen LogP contribution in [0.2, 0.25) is 0 Å². The van der Waals surface area contributed by atoms with Gasteiger partial charge in [0, 0.05) is 30.8 Å². The van der Waals surface area contributed by atoms with E-state index in [9.17, 15) is 13.2 Å². The molecule has 5 rings (SSSR count). The number of ether oxygens (including phenoxy) is 2. The lowest BCUT2D eigenvalue weighted by Crippen LogP contribution is -2.47. The zero-order chi connectivity index (χ0) is 22.3. The van der Waals surface area contributed by atoms with E-state index in [1.165, 1.54) is 0 Å². The Kier molecular flexibility index (Phi) is 5.28. The molecule has 0 saturated carbocycles. The van der Waals surface area contributed by atoms with Crippen LogP contribution in [0, 0.1) is 0 Å². The first-order valence-electron chi connectivity index (χ1n) is 10.9. The highest BCUT2D eigenvalue weighted by atomic mass is 32.2. The number of amidine groups is 1. The van der Waals surface area contributed by atoms with Gasteiger partial charge in [0.2, 0.25) is 5.91 Å². The highest BCUT2D eigenvalue weighted by molar-refractivity contribution is 7.90. The van der Waals surface area contributed by atoms with Gasteiger partial charge in [0.25, 0.3) is 10.0 Å². The number of rotatable bonds is 4. The Morgan fingerprint density at radius 1 is 1.16 bits per heavy atom. The van der Waals surface area contributed by atoms with Crippen molar-refractivity contribution in [2.75, 3.05) is 26.3 Å². The molecule has 2 aromatic rings. The SMILES string of the molecule is CCN(Cc1cccc2c1OCCO2)C(=O)[C@@H]1CCCN1C1=NS(=O)(=O)c2ccccc21. The van der Waals surface area contributed by atoms with Crippen LogP contribution in [0.25, 0.3) is 0 Å². The van der Waals surface area contributed by atoms with Crippen molar-refractivity contribution in [2.24, 2.45) is 4.40 Å². The van der Waals surface area contributed by atoms with Gasteiger partial charge in [-0.15, -0.1) is 4.40 Å². The Balaban J connectivity index is 1.41. The molecule has 9 heteroatoms. The van der Waals surface area contributed by atoms with Gasteiger partial charge in [-0.3, -0.25) is 4.79 Å². The molecule has 8 nitrogen and oxygen atoms in total. The molecule has 32 heavy (non-hydrogen) atoms. The van der Waals surface area contributed by atoms with Crippen LogP contribution in [0.15, 0.2) is 51.8 Å². The van der Waals surface area contributed by atoms with Gasteiger partial charge in [-0.2, -0.15) is 8.42 Å². The molecule has 0 aromatic heterocycles. The van der Waals surface area contributed by atoms with Crippen molar-refractivity contribution in [3.05, 3.63) is 53.6 Å². The van der Waals surface area contributed by atoms with E-state index >= 15 is 0 Å². The molecule has 0 bridgehead atoms. The van der Waals surface area contributed by atoms with Crippen molar-refractivity contribution in [2.45, 2.75) is 37.2 Å². The average molecular weight is 456 g/mol. The van der Waals surface area contributed by atoms with E-state index in [1.807, 2.05) is 30.0 Å². The molecule has 0 aliphatic carbocycles. The fraction of sp³-hybridized carbons (Fsp3) is 0.391. The molecule has 0 N–H and O–H groups in total. The number of fused-ring (bicyclic) bond motifs is 2. The highest BCUT2D eigenvalue weighted by Crippen LogP contribution is 2.35. The molecule has 168 valence electrons. The van der Waals surface area contributed by atoms with Crippen molar-refractivity contribution in [1.29, 1.82) is 0 Å². The third-order valence-corrected chi connectivity index (χ3v) is 7.45. The molecule has 3 aliphatic heterocycles. The second-order valence-corrected chi connectivity index (χ2v) is 9.60. The van der Waals surface area contributed by atoms with E-state index in [4.69, 9.17) is 9.47 Å². The molecule has 3 aliphatic rings. The maximum atomic E-state index is 13.6. The van der Waals surface area contributed by atoms with Crippen LogP contribution in [0.5, 0.6) is 11.5 Å². The lowest BCUT2D eigenvalue weighted by atomic mass is 10.1. The lowest BCUT2D eigenvalue weighted by Gasteiger charge is -2.31. The molecule has 0 spiro atoms. The number of likely N-dealkylation sites (N-methyl/N-ethyl adjacent to an activating group) is 1. The molecule has 1 fully saturated rings. The fourth-order valence-corrected chi connectivity index (χ4v) is 5.81. The molecular formula is C23H25N3O5S. The van der Waals surface area contributed by atoms with Crippen molar-refractivity contribution < 1.29 is 22.7 Å². The van der Waals surface area contributed by atoms with Crippen molar-refractivity contribution >= 4 is 21.8 Å². The van der Waals surface area contributed by atoms with Gasteiger partial charge in [-0.25, -0.2) is 0 Å². The summed E-state index contributed by atoms with van der Waals surface area (Å²) in [6, 6.07) is 12.1. The molecule has 0 radical (unpaired) electrons. The number of nitrogens with zero attached hydrogens (tertiary/aromatic N) is 3. The zero-order valence-electron chi connectivity index (χ0n) is 17.9. The predicted molar refractivity (Wildman–Crippen MR) is 118 cm³/mol. The van der Waals surface area contributed by atoms with E-state index in [2.05, 4.69) is 4.40 Å². The molecule has 1 atom stereocenters. The first kappa shape index (κ1) is 20.8. The quantitative estimate of drug-likeness (QED) is 0.704. The number of carbonyl (C=O) groups is 1. The maximum Gasteiger partial charge on any atom is 0.285 e. The Hall–Kier alpha value is -3.07. The third kappa shape index (κ3) is 3.50. The van der Waals surface area contributed by atoms with Gasteiger partial charge in [0.1, 0.15) is 24.2 Å². The summed E-state index contributed by atoms with van der Waals surface area (Å²) in [7, 11) is -3.73. The Morgan fingerprint density at radius 3 is 2.81 bits per heavy atom. The van der Waals surface area contributed by atoms with Crippen LogP contribution < -0.4 is 9.47 Å². The summed E-state index contributed by atoms with van der Waals surface area (Å²) < 4.78 is 40.6. The molecule has 0 unspecified atom stereocenters. The molecule has 3 heterocycles. The average Bonchev–Trinajstić information content (AvgIpc) is 3.40. The summed E-state index contributed by atoms with van der Waals surface area (Å²) in [5, 5.41) is 0. The minimum atomic E-state index is -3.73. The number of benzene rings is 2. The first-order valence-corrected chi connectivity index (χ1v) is 12.3. The van der Waals surface area contributed by atoms with Crippen LogP contribution in [-0.2, 0) is 21.4 Å². The largest absolute Gasteiger partial charge is 0.486 e. The summed E-state index contributed by atoms with van der Waals surface area (Å²) in [6.45, 7) is 4.44. The standard InChI is InChI=1S/C23H25N3O5S/c1-2-25(15-16-7-5-10-19-21(16)31-14-13-30-19)23(27)18-9-6-12-26(18)22-17-8-3-4-11-20(17)32(28,29)24-22/h3-5,7-8,10-11,18H,2,6,9,12-15H2,1H3/t18-/m0/s1. The number of sulfonamides is 1. The second-order valence-electron chi connectivity index (χ2n) is 8.03. The van der Waals surface area contributed by atoms with Crippen LogP contribution in [0.3, 0.4) is 0 Å². The van der Waals surface area contributed by atoms with E-state index in [0.29, 0.717) is 62.2 Å². The summed E-state index contributed by atoms with van der Waals surface area (Å²) in [4.78, 5) is 17.4. The normalized spacial score (nSPS) is 20.6. The maximum absolute atomic E-state index is 13.6. The summed E-state index contributed by atoms with van der Waals surface area (Å²) >= 11 is 0. The zero-order valence-corrected chi connectivity index (χ0v) is 18.7. The summed E-state index contributed by atoms with van der Waals surface area (Å²) in [6.07, 6.45) is 1.45. The molecule has 1 amide bonds. The van der Waals surface area contributed by atoms with Crippen molar-refractivity contribution in [3.63, 3.8) is 0 Å². The number of hydrogen-bond acceptors (Lipinski definition) is 6. The summed E-state index contributed by atoms with van der Waals surface area (Å²) in [5.41, 5.74) is 1.46. The molecule has 2 aromatic carbocycles. The van der Waals surface area contributed by atoms with Crippen LogP contribution in [0.1, 0.15) is 30.9 Å². The molecule has 1 saturated heterocycles. The number of carbonyl (C=O) groups excluding carboxylic acids is 1. The first-order chi connectivity index (χ1) is 15.5. The van der Waals surface area contributed by atoms with Gasteiger partial charge >= 0.3 is 0 Å². The van der Waals surface area contributed by atoms with Crippen molar-refractivity contribution in [3.8, 4) is 11.5 Å². The second kappa shape index (κ2) is 8.12. The lowest BCUT2D eigenvalue weighted by molar-refractivity contribution is -0.135. The Labute approximate surface area is 187 Å². The fourth-order valence-electron chi connectivity index (χ4n) is 4.59. The highest BCUT2D eigenvalue weighted by Gasteiger charge is 2.40. The summed E-state index contributed by atoms with van der Waals surface area (Å²) in [5.74, 6) is 1.72. The molecular weight excluding hydrogens is 430 g/mol. The number of hydrogen-bond donors (Lipinski definition) is 0. The van der Waals surface area contributed by atoms with Crippen LogP contribution >= 0.6 is 0 Å². The van der Waals surface area contributed by atoms with Gasteiger partial charge < -0.3 is 19.3 Å². The number of amides is 1. The van der Waals surface area contributed by atoms with Gasteiger partial charge in [-0.1, -0.05) is 24.3 Å². The Morgan fingerprint density at radius 2 is 1.97 bits per heavy atom. The number of para-hydroxylation sites is 1. The van der Waals surface area contributed by atoms with E-state index in [1.54, 1.807) is 29.2 Å². The third-order valence-electron chi connectivity index (χ3n) is 6.12. The predicted octanol–water partition coefficient (Wildman–Crippen LogP) is 2.42. The topological polar surface area (TPSA) is 88.5 Å². The van der Waals surface area contributed by atoms with Gasteiger partial charge in [-0.05, 0) is 38.0 Å². The monoisotopic (exact) mass is 455 g/mol. The smallest absolute Gasteiger partial charge is 0.285 e. The van der Waals surface area contributed by atoms with Crippen LogP contribution in [0.4, 0.5) is 0 Å².